The van der Waals surface area contributed by atoms with Crippen molar-refractivity contribution in [2.24, 2.45) is 0 Å². The third kappa shape index (κ3) is 3.98. The summed E-state index contributed by atoms with van der Waals surface area (Å²) in [6.45, 7) is 1.89. The molecule has 7 nitrogen and oxygen atoms in total. The summed E-state index contributed by atoms with van der Waals surface area (Å²) in [6, 6.07) is 15.4. The van der Waals surface area contributed by atoms with Crippen LogP contribution in [0.3, 0.4) is 0 Å². The van der Waals surface area contributed by atoms with Crippen molar-refractivity contribution in [2.45, 2.75) is 6.92 Å². The number of aromatic nitrogens is 2. The van der Waals surface area contributed by atoms with Crippen LogP contribution < -0.4 is 15.8 Å². The first-order valence-corrected chi connectivity index (χ1v) is 8.34. The normalized spacial score (nSPS) is 10.5. The molecule has 0 fully saturated rings. The van der Waals surface area contributed by atoms with Gasteiger partial charge in [0.2, 0.25) is 0 Å². The monoisotopic (exact) mass is 364 g/mol. The fourth-order valence-electron chi connectivity index (χ4n) is 2.61. The summed E-state index contributed by atoms with van der Waals surface area (Å²) in [4.78, 5) is 26.7. The molecule has 1 heterocycles. The highest BCUT2D eigenvalue weighted by molar-refractivity contribution is 6.04. The molecule has 3 aromatic rings. The highest BCUT2D eigenvalue weighted by atomic mass is 16.3. The lowest BCUT2D eigenvalue weighted by molar-refractivity contribution is 0.101. The van der Waals surface area contributed by atoms with Gasteiger partial charge in [-0.25, -0.2) is 0 Å². The van der Waals surface area contributed by atoms with Crippen molar-refractivity contribution in [2.75, 3.05) is 24.3 Å². The Morgan fingerprint density at radius 1 is 1.11 bits per heavy atom. The van der Waals surface area contributed by atoms with Crippen LogP contribution in [0.5, 0.6) is 5.75 Å². The Balaban J connectivity index is 1.96. The highest BCUT2D eigenvalue weighted by Crippen LogP contribution is 2.20. The van der Waals surface area contributed by atoms with Crippen molar-refractivity contribution in [3.63, 3.8) is 0 Å². The molecule has 0 aliphatic rings. The highest BCUT2D eigenvalue weighted by Gasteiger charge is 2.17. The van der Waals surface area contributed by atoms with E-state index in [1.165, 1.54) is 0 Å². The van der Waals surface area contributed by atoms with Crippen LogP contribution in [-0.2, 0) is 0 Å². The van der Waals surface area contributed by atoms with Gasteiger partial charge in [-0.2, -0.15) is 9.78 Å². The van der Waals surface area contributed by atoms with Crippen LogP contribution in [-0.4, -0.2) is 34.9 Å². The number of anilines is 2. The van der Waals surface area contributed by atoms with Crippen molar-refractivity contribution < 1.29 is 9.90 Å². The van der Waals surface area contributed by atoms with Crippen LogP contribution in [0.2, 0.25) is 0 Å². The zero-order valence-electron chi connectivity index (χ0n) is 15.3. The molecule has 2 N–H and O–H groups in total. The first-order chi connectivity index (χ1) is 12.8. The van der Waals surface area contributed by atoms with Crippen molar-refractivity contribution in [3.8, 4) is 11.4 Å². The average molecular weight is 364 g/mol. The maximum Gasteiger partial charge on any atom is 0.279 e. The smallest absolute Gasteiger partial charge is 0.279 e. The fourth-order valence-corrected chi connectivity index (χ4v) is 2.61. The van der Waals surface area contributed by atoms with Gasteiger partial charge in [-0.3, -0.25) is 9.59 Å². The van der Waals surface area contributed by atoms with Gasteiger partial charge in [0.05, 0.1) is 5.69 Å². The second-order valence-corrected chi connectivity index (χ2v) is 6.37. The van der Waals surface area contributed by atoms with Crippen LogP contribution in [0.15, 0.2) is 59.4 Å². The summed E-state index contributed by atoms with van der Waals surface area (Å²) in [5, 5.41) is 16.8. The average Bonchev–Trinajstić information content (AvgIpc) is 2.61. The van der Waals surface area contributed by atoms with Crippen LogP contribution in [0.4, 0.5) is 11.4 Å². The summed E-state index contributed by atoms with van der Waals surface area (Å²) in [7, 11) is 3.79. The minimum absolute atomic E-state index is 0.230. The SMILES string of the molecule is Cc1cccc(-n2nc(C(=O)Nc3cccc(N(C)C)c3)c(O)cc2=O)c1. The van der Waals surface area contributed by atoms with Crippen molar-refractivity contribution in [1.82, 2.24) is 9.78 Å². The molecule has 138 valence electrons. The lowest BCUT2D eigenvalue weighted by Crippen LogP contribution is -2.25. The zero-order valence-corrected chi connectivity index (χ0v) is 15.3. The predicted molar refractivity (Wildman–Crippen MR) is 105 cm³/mol. The van der Waals surface area contributed by atoms with Gasteiger partial charge in [0.15, 0.2) is 11.4 Å². The lowest BCUT2D eigenvalue weighted by Gasteiger charge is -2.14. The van der Waals surface area contributed by atoms with Gasteiger partial charge in [-0.05, 0) is 42.8 Å². The topological polar surface area (TPSA) is 87.5 Å². The van der Waals surface area contributed by atoms with E-state index in [4.69, 9.17) is 0 Å². The Kier molecular flexibility index (Phi) is 4.94. The second kappa shape index (κ2) is 7.33. The molecule has 3 rings (SSSR count). The van der Waals surface area contributed by atoms with Crippen LogP contribution in [0.25, 0.3) is 5.69 Å². The Bertz CT molecular complexity index is 1060. The van der Waals surface area contributed by atoms with Crippen molar-refractivity contribution >= 4 is 17.3 Å². The minimum Gasteiger partial charge on any atom is -0.505 e. The van der Waals surface area contributed by atoms with E-state index in [0.717, 1.165) is 22.0 Å². The van der Waals surface area contributed by atoms with E-state index in [1.807, 2.05) is 44.1 Å². The van der Waals surface area contributed by atoms with Gasteiger partial charge in [0, 0.05) is 31.5 Å². The number of nitrogens with zero attached hydrogens (tertiary/aromatic N) is 3. The number of aromatic hydroxyl groups is 1. The summed E-state index contributed by atoms with van der Waals surface area (Å²) < 4.78 is 1.10. The van der Waals surface area contributed by atoms with Crippen LogP contribution >= 0.6 is 0 Å². The summed E-state index contributed by atoms with van der Waals surface area (Å²) >= 11 is 0. The molecule has 0 spiro atoms. The number of carbonyl (C=O) groups excluding carboxylic acids is 1. The van der Waals surface area contributed by atoms with E-state index in [2.05, 4.69) is 10.4 Å². The number of nitrogens with one attached hydrogen (secondary N) is 1. The van der Waals surface area contributed by atoms with Gasteiger partial charge in [-0.15, -0.1) is 0 Å². The Hall–Kier alpha value is -3.61. The second-order valence-electron chi connectivity index (χ2n) is 6.37. The number of hydrogen-bond donors (Lipinski definition) is 2. The Labute approximate surface area is 156 Å². The maximum absolute atomic E-state index is 12.6. The van der Waals surface area contributed by atoms with E-state index < -0.39 is 17.2 Å². The molecule has 0 aliphatic carbocycles. The molecule has 0 unspecified atom stereocenters. The lowest BCUT2D eigenvalue weighted by atomic mass is 10.2. The van der Waals surface area contributed by atoms with E-state index in [0.29, 0.717) is 11.4 Å². The van der Waals surface area contributed by atoms with Crippen molar-refractivity contribution in [1.29, 1.82) is 0 Å². The quantitative estimate of drug-likeness (QED) is 0.743. The molecule has 0 aliphatic heterocycles. The summed E-state index contributed by atoms with van der Waals surface area (Å²) in [6.07, 6.45) is 0. The number of benzene rings is 2. The van der Waals surface area contributed by atoms with E-state index in [9.17, 15) is 14.7 Å². The molecule has 0 radical (unpaired) electrons. The van der Waals surface area contributed by atoms with Crippen molar-refractivity contribution in [3.05, 3.63) is 76.2 Å². The molecule has 7 heteroatoms. The minimum atomic E-state index is -0.607. The number of aryl methyl sites for hydroxylation is 1. The Morgan fingerprint density at radius 3 is 2.56 bits per heavy atom. The Morgan fingerprint density at radius 2 is 1.85 bits per heavy atom. The van der Waals surface area contributed by atoms with Crippen LogP contribution in [0.1, 0.15) is 16.1 Å². The van der Waals surface area contributed by atoms with Gasteiger partial charge >= 0.3 is 0 Å². The third-order valence-electron chi connectivity index (χ3n) is 3.99. The number of rotatable bonds is 4. The van der Waals surface area contributed by atoms with Gasteiger partial charge in [0.25, 0.3) is 11.5 Å². The standard InChI is InChI=1S/C20H20N4O3/c1-13-6-4-9-16(10-13)24-18(26)12-17(25)19(22-24)20(27)21-14-7-5-8-15(11-14)23(2)3/h4-12,25H,1-3H3,(H,21,27). The molecule has 2 aromatic carbocycles. The van der Waals surface area contributed by atoms with Crippen LogP contribution in [0, 0.1) is 6.92 Å². The molecular formula is C20H20N4O3. The molecule has 0 saturated carbocycles. The number of hydrogen-bond acceptors (Lipinski definition) is 5. The molecule has 1 aromatic heterocycles. The van der Waals surface area contributed by atoms with Gasteiger partial charge < -0.3 is 15.3 Å². The molecule has 0 atom stereocenters. The largest absolute Gasteiger partial charge is 0.505 e. The molecule has 0 bridgehead atoms. The van der Waals surface area contributed by atoms with E-state index >= 15 is 0 Å². The number of amides is 1. The molecule has 1 amide bonds. The first-order valence-electron chi connectivity index (χ1n) is 8.34. The van der Waals surface area contributed by atoms with Gasteiger partial charge in [-0.1, -0.05) is 18.2 Å². The summed E-state index contributed by atoms with van der Waals surface area (Å²) in [5.74, 6) is -1.07. The predicted octanol–water partition coefficient (Wildman–Crippen LogP) is 2.56. The van der Waals surface area contributed by atoms with Gasteiger partial charge in [0.1, 0.15) is 0 Å². The van der Waals surface area contributed by atoms with E-state index in [-0.39, 0.29) is 5.69 Å². The van der Waals surface area contributed by atoms with E-state index in [1.54, 1.807) is 30.3 Å². The molecular weight excluding hydrogens is 344 g/mol. The maximum atomic E-state index is 12.6. The fraction of sp³-hybridized carbons (Fsp3) is 0.150. The summed E-state index contributed by atoms with van der Waals surface area (Å²) in [5.41, 5.74) is 2.18. The molecule has 0 saturated heterocycles. The first kappa shape index (κ1) is 18.2. The molecule has 27 heavy (non-hydrogen) atoms. The number of carbonyl (C=O) groups is 1. The third-order valence-corrected chi connectivity index (χ3v) is 3.99. The zero-order chi connectivity index (χ0) is 19.6.